The van der Waals surface area contributed by atoms with Gasteiger partial charge < -0.3 is 37.6 Å². The van der Waals surface area contributed by atoms with Crippen LogP contribution in [-0.2, 0) is 35.2 Å². The van der Waals surface area contributed by atoms with E-state index in [9.17, 15) is 33.9 Å². The van der Waals surface area contributed by atoms with E-state index in [-0.39, 0.29) is 12.8 Å². The molecule has 0 heterocycles. The normalized spacial score (nSPS) is 14.1. The largest absolute Gasteiger partial charge is 0.481 e. The van der Waals surface area contributed by atoms with Crippen LogP contribution in [0, 0.1) is 0 Å². The Hall–Kier alpha value is -4.00. The van der Waals surface area contributed by atoms with Crippen LogP contribution in [0.2, 0.25) is 0 Å². The summed E-state index contributed by atoms with van der Waals surface area (Å²) in [5.74, 6) is -6.15. The van der Waals surface area contributed by atoms with Crippen molar-refractivity contribution in [3.05, 3.63) is 35.9 Å². The molecule has 0 saturated carbocycles. The summed E-state index contributed by atoms with van der Waals surface area (Å²) < 4.78 is 0. The number of carbonyl (C=O) groups excluding carboxylic acids is 4. The molecule has 0 bridgehead atoms. The summed E-state index contributed by atoms with van der Waals surface area (Å²) in [5, 5.41) is 25.1. The number of nitrogens with two attached hydrogens (primary N) is 2. The number of rotatable bonds is 14. The smallest absolute Gasteiger partial charge is 0.326 e. The number of aliphatic carboxylic acids is 2. The van der Waals surface area contributed by atoms with Crippen LogP contribution in [0.1, 0.15) is 31.7 Å². The Kier molecular flexibility index (Phi) is 11.2. The molecule has 13 nitrogen and oxygen atoms in total. The third kappa shape index (κ3) is 10.1. The van der Waals surface area contributed by atoms with Crippen molar-refractivity contribution in [2.45, 2.75) is 56.8 Å². The third-order valence-corrected chi connectivity index (χ3v) is 4.63. The second-order valence-corrected chi connectivity index (χ2v) is 7.60. The fraction of sp³-hybridized carbons (Fsp3) is 0.429. The van der Waals surface area contributed by atoms with E-state index in [2.05, 4.69) is 16.0 Å². The van der Waals surface area contributed by atoms with Gasteiger partial charge in [-0.1, -0.05) is 30.3 Å². The van der Waals surface area contributed by atoms with Gasteiger partial charge in [-0.15, -0.1) is 0 Å². The third-order valence-electron chi connectivity index (χ3n) is 4.63. The Morgan fingerprint density at radius 3 is 1.88 bits per heavy atom. The zero-order valence-corrected chi connectivity index (χ0v) is 18.5. The van der Waals surface area contributed by atoms with Crippen LogP contribution in [-0.4, -0.2) is 69.9 Å². The number of carbonyl (C=O) groups is 6. The first kappa shape index (κ1) is 28.0. The first-order valence-corrected chi connectivity index (χ1v) is 10.3. The average Bonchev–Trinajstić information content (AvgIpc) is 2.75. The lowest BCUT2D eigenvalue weighted by Crippen LogP contribution is -2.57. The molecular formula is C21H29N5O8. The van der Waals surface area contributed by atoms with Crippen LogP contribution in [0.5, 0.6) is 0 Å². The van der Waals surface area contributed by atoms with E-state index in [0.29, 0.717) is 5.56 Å². The Bertz CT molecular complexity index is 906. The number of hydrogen-bond acceptors (Lipinski definition) is 7. The molecule has 1 aromatic rings. The van der Waals surface area contributed by atoms with Crippen LogP contribution < -0.4 is 27.4 Å². The number of carboxylic acids is 2. The molecule has 0 aromatic heterocycles. The van der Waals surface area contributed by atoms with Crippen molar-refractivity contribution in [2.24, 2.45) is 11.5 Å². The Balaban J connectivity index is 3.12. The maximum Gasteiger partial charge on any atom is 0.326 e. The molecule has 1 rings (SSSR count). The fourth-order valence-electron chi connectivity index (χ4n) is 2.84. The summed E-state index contributed by atoms with van der Waals surface area (Å²) in [4.78, 5) is 71.2. The maximum atomic E-state index is 12.9. The average molecular weight is 479 g/mol. The number of benzene rings is 1. The van der Waals surface area contributed by atoms with Gasteiger partial charge in [0.05, 0.1) is 12.5 Å². The zero-order valence-electron chi connectivity index (χ0n) is 18.5. The highest BCUT2D eigenvalue weighted by Gasteiger charge is 2.31. The molecular weight excluding hydrogens is 450 g/mol. The van der Waals surface area contributed by atoms with Gasteiger partial charge in [-0.2, -0.15) is 0 Å². The molecule has 4 atom stereocenters. The van der Waals surface area contributed by atoms with Crippen LogP contribution >= 0.6 is 0 Å². The molecule has 0 spiro atoms. The van der Waals surface area contributed by atoms with Gasteiger partial charge in [0.25, 0.3) is 0 Å². The van der Waals surface area contributed by atoms with Crippen molar-refractivity contribution in [3.63, 3.8) is 0 Å². The summed E-state index contributed by atoms with van der Waals surface area (Å²) in [5.41, 5.74) is 11.1. The van der Waals surface area contributed by atoms with Crippen molar-refractivity contribution in [1.29, 1.82) is 0 Å². The predicted molar refractivity (Wildman–Crippen MR) is 118 cm³/mol. The van der Waals surface area contributed by atoms with Crippen molar-refractivity contribution in [3.8, 4) is 0 Å². The lowest BCUT2D eigenvalue weighted by Gasteiger charge is -2.24. The summed E-state index contributed by atoms with van der Waals surface area (Å²) in [6, 6.07) is 3.22. The first-order chi connectivity index (χ1) is 15.9. The van der Waals surface area contributed by atoms with Gasteiger partial charge >= 0.3 is 11.9 Å². The van der Waals surface area contributed by atoms with Crippen LogP contribution in [0.3, 0.4) is 0 Å². The summed E-state index contributed by atoms with van der Waals surface area (Å²) in [7, 11) is 0. The Labute approximate surface area is 195 Å². The van der Waals surface area contributed by atoms with E-state index in [1.54, 1.807) is 30.3 Å². The second-order valence-electron chi connectivity index (χ2n) is 7.60. The highest BCUT2D eigenvalue weighted by molar-refractivity contribution is 5.95. The van der Waals surface area contributed by atoms with E-state index in [1.165, 1.54) is 6.92 Å². The predicted octanol–water partition coefficient (Wildman–Crippen LogP) is -2.14. The minimum atomic E-state index is -1.62. The minimum Gasteiger partial charge on any atom is -0.481 e. The SMILES string of the molecule is CC(N)C(=O)NC(CCC(=O)O)C(=O)NC(Cc1ccccc1)C(=O)NC(CC(N)=O)C(=O)O. The lowest BCUT2D eigenvalue weighted by molar-refractivity contribution is -0.143. The van der Waals surface area contributed by atoms with E-state index in [4.69, 9.17) is 16.6 Å². The molecule has 0 radical (unpaired) electrons. The van der Waals surface area contributed by atoms with Crippen molar-refractivity contribution in [2.75, 3.05) is 0 Å². The van der Waals surface area contributed by atoms with E-state index >= 15 is 0 Å². The van der Waals surface area contributed by atoms with Crippen LogP contribution in [0.15, 0.2) is 30.3 Å². The molecule has 4 unspecified atom stereocenters. The van der Waals surface area contributed by atoms with Gasteiger partial charge in [0.1, 0.15) is 18.1 Å². The molecule has 0 aliphatic rings. The Morgan fingerprint density at radius 2 is 1.38 bits per heavy atom. The Morgan fingerprint density at radius 1 is 0.853 bits per heavy atom. The molecule has 186 valence electrons. The maximum absolute atomic E-state index is 12.9. The second kappa shape index (κ2) is 13.5. The number of carboxylic acid groups (broad SMARTS) is 2. The topological polar surface area (TPSA) is 231 Å². The molecule has 0 aliphatic carbocycles. The van der Waals surface area contributed by atoms with Gasteiger partial charge in [-0.25, -0.2) is 4.79 Å². The van der Waals surface area contributed by atoms with E-state index in [1.807, 2.05) is 0 Å². The molecule has 0 saturated heterocycles. The summed E-state index contributed by atoms with van der Waals surface area (Å²) in [6.45, 7) is 1.37. The highest BCUT2D eigenvalue weighted by atomic mass is 16.4. The number of hydrogen-bond donors (Lipinski definition) is 7. The fourth-order valence-corrected chi connectivity index (χ4v) is 2.84. The van der Waals surface area contributed by atoms with Crippen LogP contribution in [0.4, 0.5) is 0 Å². The van der Waals surface area contributed by atoms with Crippen LogP contribution in [0.25, 0.3) is 0 Å². The van der Waals surface area contributed by atoms with Crippen molar-refractivity contribution >= 4 is 35.6 Å². The lowest BCUT2D eigenvalue weighted by atomic mass is 10.0. The van der Waals surface area contributed by atoms with Crippen molar-refractivity contribution in [1.82, 2.24) is 16.0 Å². The van der Waals surface area contributed by atoms with Gasteiger partial charge in [-0.3, -0.25) is 24.0 Å². The van der Waals surface area contributed by atoms with Gasteiger partial charge in [0, 0.05) is 12.8 Å². The zero-order chi connectivity index (χ0) is 25.8. The molecule has 1 aromatic carbocycles. The highest BCUT2D eigenvalue weighted by Crippen LogP contribution is 2.07. The van der Waals surface area contributed by atoms with Gasteiger partial charge in [0.2, 0.25) is 23.6 Å². The number of amides is 4. The molecule has 0 aliphatic heterocycles. The van der Waals surface area contributed by atoms with E-state index < -0.39 is 72.6 Å². The number of nitrogens with one attached hydrogen (secondary N) is 3. The van der Waals surface area contributed by atoms with Gasteiger partial charge in [-0.05, 0) is 18.9 Å². The quantitative estimate of drug-likeness (QED) is 0.154. The summed E-state index contributed by atoms with van der Waals surface area (Å²) in [6.07, 6.45) is -1.46. The van der Waals surface area contributed by atoms with E-state index in [0.717, 1.165) is 0 Å². The standard InChI is InChI=1S/C21H29N5O8/c1-11(22)18(30)24-13(7-8-17(28)29)19(31)25-14(9-12-5-3-2-4-6-12)20(32)26-15(21(33)34)10-16(23)27/h2-6,11,13-15H,7-10,22H2,1H3,(H2,23,27)(H,24,30)(H,25,31)(H,26,32)(H,28,29)(H,33,34). The summed E-state index contributed by atoms with van der Waals surface area (Å²) >= 11 is 0. The monoisotopic (exact) mass is 479 g/mol. The van der Waals surface area contributed by atoms with Gasteiger partial charge in [0.15, 0.2) is 0 Å². The molecule has 9 N–H and O–H groups in total. The molecule has 0 fully saturated rings. The van der Waals surface area contributed by atoms with Crippen molar-refractivity contribution < 1.29 is 39.0 Å². The number of primary amides is 1. The molecule has 4 amide bonds. The molecule has 13 heteroatoms. The molecule has 34 heavy (non-hydrogen) atoms. The first-order valence-electron chi connectivity index (χ1n) is 10.3. The minimum absolute atomic E-state index is 0.0613.